The van der Waals surface area contributed by atoms with Gasteiger partial charge in [0.2, 0.25) is 5.91 Å². The lowest BCUT2D eigenvalue weighted by Crippen LogP contribution is -2.53. The van der Waals surface area contributed by atoms with Crippen molar-refractivity contribution in [1.29, 1.82) is 0 Å². The first kappa shape index (κ1) is 28.0. The second-order valence-electron chi connectivity index (χ2n) is 9.46. The van der Waals surface area contributed by atoms with E-state index in [9.17, 15) is 14.4 Å². The molecule has 0 saturated heterocycles. The van der Waals surface area contributed by atoms with Crippen LogP contribution in [-0.4, -0.2) is 41.0 Å². The van der Waals surface area contributed by atoms with E-state index in [1.807, 2.05) is 19.1 Å². The van der Waals surface area contributed by atoms with Crippen LogP contribution < -0.4 is 10.6 Å². The van der Waals surface area contributed by atoms with Crippen LogP contribution in [0.3, 0.4) is 0 Å². The van der Waals surface area contributed by atoms with Crippen LogP contribution in [0.15, 0.2) is 24.3 Å². The molecule has 1 aromatic carbocycles. The number of amides is 3. The molecule has 3 amide bonds. The number of hydrogen-bond acceptors (Lipinski definition) is 4. The Morgan fingerprint density at radius 3 is 2.30 bits per heavy atom. The molecule has 0 radical (unpaired) electrons. The Balaban J connectivity index is 3.28. The molecule has 0 aliphatic rings. The molecule has 1 aromatic rings. The highest BCUT2D eigenvalue weighted by Crippen LogP contribution is 2.26. The number of nitrogens with one attached hydrogen (secondary N) is 2. The molecule has 0 bridgehead atoms. The van der Waals surface area contributed by atoms with Gasteiger partial charge in [-0.25, -0.2) is 4.79 Å². The van der Waals surface area contributed by atoms with E-state index < -0.39 is 29.7 Å². The van der Waals surface area contributed by atoms with Crippen LogP contribution in [0.4, 0.5) is 4.79 Å². The predicted octanol–water partition coefficient (Wildman–Crippen LogP) is 4.31. The standard InChI is InChI=1S/C26H39N3O4/c1-9-11-14-17-27-23(30)22(20-16-13-12-15-19(20)5)29(10-2)24(31)21(18(3)4)28-25(32)33-26(6,7)8/h2,12-13,15-16,18,21-22H,9,11,14,17H2,1,3-8H3,(H,27,30)(H,28,32). The summed E-state index contributed by atoms with van der Waals surface area (Å²) in [6, 6.07) is 7.73. The van der Waals surface area contributed by atoms with Crippen molar-refractivity contribution in [2.24, 2.45) is 5.92 Å². The number of ether oxygens (including phenoxy) is 1. The van der Waals surface area contributed by atoms with Gasteiger partial charge in [0.25, 0.3) is 5.91 Å². The minimum absolute atomic E-state index is 0.286. The largest absolute Gasteiger partial charge is 0.444 e. The van der Waals surface area contributed by atoms with E-state index in [2.05, 4.69) is 23.6 Å². The lowest BCUT2D eigenvalue weighted by atomic mass is 9.96. The van der Waals surface area contributed by atoms with E-state index in [-0.39, 0.29) is 11.8 Å². The first-order valence-electron chi connectivity index (χ1n) is 11.5. The summed E-state index contributed by atoms with van der Waals surface area (Å²) in [4.78, 5) is 40.3. The molecule has 1 rings (SSSR count). The topological polar surface area (TPSA) is 87.7 Å². The number of aryl methyl sites for hydroxylation is 1. The Hall–Kier alpha value is -3.01. The molecule has 0 aliphatic heterocycles. The third-order valence-corrected chi connectivity index (χ3v) is 5.05. The number of benzene rings is 1. The molecule has 2 atom stereocenters. The van der Waals surface area contributed by atoms with Crippen molar-refractivity contribution in [2.45, 2.75) is 85.4 Å². The van der Waals surface area contributed by atoms with E-state index in [1.54, 1.807) is 46.8 Å². The summed E-state index contributed by atoms with van der Waals surface area (Å²) >= 11 is 0. The second kappa shape index (κ2) is 12.9. The Labute approximate surface area is 198 Å². The SMILES string of the molecule is C#CN(C(=O)C(NC(=O)OC(C)(C)C)C(C)C)C(C(=O)NCCCCC)c1ccccc1C. The monoisotopic (exact) mass is 457 g/mol. The molecule has 0 saturated carbocycles. The van der Waals surface area contributed by atoms with Crippen molar-refractivity contribution in [3.8, 4) is 12.5 Å². The summed E-state index contributed by atoms with van der Waals surface area (Å²) in [5.74, 6) is -1.19. The predicted molar refractivity (Wildman–Crippen MR) is 130 cm³/mol. The number of nitrogens with zero attached hydrogens (tertiary/aromatic N) is 1. The number of carbonyl (C=O) groups excluding carboxylic acids is 3. The van der Waals surface area contributed by atoms with E-state index >= 15 is 0 Å². The maximum Gasteiger partial charge on any atom is 0.408 e. The quantitative estimate of drug-likeness (QED) is 0.311. The fraction of sp³-hybridized carbons (Fsp3) is 0.577. The van der Waals surface area contributed by atoms with Crippen LogP contribution in [0.1, 0.15) is 78.0 Å². The van der Waals surface area contributed by atoms with Crippen molar-refractivity contribution < 1.29 is 19.1 Å². The Bertz CT molecular complexity index is 852. The zero-order valence-corrected chi connectivity index (χ0v) is 21.0. The average molecular weight is 458 g/mol. The summed E-state index contributed by atoms with van der Waals surface area (Å²) < 4.78 is 5.32. The molecule has 0 heterocycles. The van der Waals surface area contributed by atoms with Crippen molar-refractivity contribution >= 4 is 17.9 Å². The third kappa shape index (κ3) is 8.80. The molecule has 7 heteroatoms. The first-order valence-corrected chi connectivity index (χ1v) is 11.5. The minimum Gasteiger partial charge on any atom is -0.444 e. The normalized spacial score (nSPS) is 12.9. The Morgan fingerprint density at radius 1 is 1.15 bits per heavy atom. The molecule has 0 fully saturated rings. The highest BCUT2D eigenvalue weighted by atomic mass is 16.6. The molecule has 0 spiro atoms. The number of terminal acetylenes is 1. The highest BCUT2D eigenvalue weighted by molar-refractivity contribution is 5.93. The van der Waals surface area contributed by atoms with Gasteiger partial charge in [0.15, 0.2) is 0 Å². The first-order chi connectivity index (χ1) is 15.4. The number of unbranched alkanes of at least 4 members (excludes halogenated alkanes) is 2. The molecule has 2 N–H and O–H groups in total. The average Bonchev–Trinajstić information content (AvgIpc) is 2.72. The van der Waals surface area contributed by atoms with Crippen molar-refractivity contribution in [3.05, 3.63) is 35.4 Å². The fourth-order valence-electron chi connectivity index (χ4n) is 3.34. The zero-order chi connectivity index (χ0) is 25.2. The van der Waals surface area contributed by atoms with Gasteiger partial charge in [0.1, 0.15) is 17.7 Å². The van der Waals surface area contributed by atoms with Gasteiger partial charge in [-0.2, -0.15) is 0 Å². The molecular weight excluding hydrogens is 418 g/mol. The zero-order valence-electron chi connectivity index (χ0n) is 21.0. The number of alkyl carbamates (subject to hydrolysis) is 1. The van der Waals surface area contributed by atoms with Crippen LogP contribution in [0, 0.1) is 25.3 Å². The maximum absolute atomic E-state index is 13.6. The van der Waals surface area contributed by atoms with Gasteiger partial charge in [0, 0.05) is 12.6 Å². The van der Waals surface area contributed by atoms with Gasteiger partial charge in [-0.05, 0) is 51.2 Å². The number of hydrogen-bond donors (Lipinski definition) is 2. The van der Waals surface area contributed by atoms with E-state index in [0.29, 0.717) is 12.1 Å². The van der Waals surface area contributed by atoms with Gasteiger partial charge >= 0.3 is 6.09 Å². The number of carbonyl (C=O) groups is 3. The lowest BCUT2D eigenvalue weighted by molar-refractivity contribution is -0.139. The van der Waals surface area contributed by atoms with Crippen LogP contribution in [-0.2, 0) is 14.3 Å². The highest BCUT2D eigenvalue weighted by Gasteiger charge is 2.37. The summed E-state index contributed by atoms with van der Waals surface area (Å²) in [7, 11) is 0. The molecule has 0 aliphatic carbocycles. The molecule has 0 aromatic heterocycles. The molecule has 33 heavy (non-hydrogen) atoms. The summed E-state index contributed by atoms with van der Waals surface area (Å²) in [5.41, 5.74) is 0.750. The van der Waals surface area contributed by atoms with Crippen LogP contribution in [0.25, 0.3) is 0 Å². The van der Waals surface area contributed by atoms with Crippen LogP contribution >= 0.6 is 0 Å². The van der Waals surface area contributed by atoms with Crippen molar-refractivity contribution in [1.82, 2.24) is 15.5 Å². The van der Waals surface area contributed by atoms with Gasteiger partial charge < -0.3 is 15.4 Å². The van der Waals surface area contributed by atoms with E-state index in [0.717, 1.165) is 29.7 Å². The molecular formula is C26H39N3O4. The maximum atomic E-state index is 13.6. The summed E-state index contributed by atoms with van der Waals surface area (Å²) in [5, 5.41) is 5.54. The fourth-order valence-corrected chi connectivity index (χ4v) is 3.34. The molecule has 7 nitrogen and oxygen atoms in total. The molecule has 182 valence electrons. The van der Waals surface area contributed by atoms with Crippen LogP contribution in [0.5, 0.6) is 0 Å². The van der Waals surface area contributed by atoms with Gasteiger partial charge in [-0.3, -0.25) is 14.5 Å². The van der Waals surface area contributed by atoms with Gasteiger partial charge in [-0.15, -0.1) is 0 Å². The van der Waals surface area contributed by atoms with Crippen molar-refractivity contribution in [2.75, 3.05) is 6.54 Å². The van der Waals surface area contributed by atoms with E-state index in [1.165, 1.54) is 0 Å². The smallest absolute Gasteiger partial charge is 0.408 e. The number of rotatable bonds is 10. The minimum atomic E-state index is -1.02. The van der Waals surface area contributed by atoms with Gasteiger partial charge in [-0.1, -0.05) is 64.3 Å². The van der Waals surface area contributed by atoms with E-state index in [4.69, 9.17) is 11.2 Å². The summed E-state index contributed by atoms with van der Waals surface area (Å²) in [6.45, 7) is 13.2. The lowest BCUT2D eigenvalue weighted by Gasteiger charge is -2.32. The Morgan fingerprint density at radius 2 is 1.79 bits per heavy atom. The van der Waals surface area contributed by atoms with Crippen LogP contribution in [0.2, 0.25) is 0 Å². The second-order valence-corrected chi connectivity index (χ2v) is 9.46. The molecule has 2 unspecified atom stereocenters. The summed E-state index contributed by atoms with van der Waals surface area (Å²) in [6.07, 6.45) is 7.91. The van der Waals surface area contributed by atoms with Crippen molar-refractivity contribution in [3.63, 3.8) is 0 Å². The van der Waals surface area contributed by atoms with Gasteiger partial charge in [0.05, 0.1) is 0 Å². The Kier molecular flexibility index (Phi) is 10.9. The third-order valence-electron chi connectivity index (χ3n) is 5.05.